The average Bonchev–Trinajstić information content (AvgIpc) is 2.56. The van der Waals surface area contributed by atoms with Gasteiger partial charge in [-0.15, -0.1) is 11.8 Å². The predicted octanol–water partition coefficient (Wildman–Crippen LogP) is 1.12. The number of carbonyl (C=O) groups excluding carboxylic acids is 1. The van der Waals surface area contributed by atoms with Crippen molar-refractivity contribution in [1.29, 1.82) is 0 Å². The van der Waals surface area contributed by atoms with Crippen molar-refractivity contribution in [2.45, 2.75) is 42.6 Å². The molecule has 1 spiro atoms. The first-order valence-corrected chi connectivity index (χ1v) is 7.26. The number of hydrogen-bond donors (Lipinski definition) is 2. The molecule has 2 N–H and O–H groups in total. The Hall–Kier alpha value is -0.220. The van der Waals surface area contributed by atoms with Crippen LogP contribution in [-0.4, -0.2) is 27.2 Å². The first-order chi connectivity index (χ1) is 7.60. The lowest BCUT2D eigenvalue weighted by molar-refractivity contribution is -0.150. The van der Waals surface area contributed by atoms with Crippen LogP contribution in [0.4, 0.5) is 0 Å². The van der Waals surface area contributed by atoms with E-state index in [4.69, 9.17) is 0 Å². The number of thioether (sulfide) groups is 1. The molecule has 16 heavy (non-hydrogen) atoms. The van der Waals surface area contributed by atoms with Gasteiger partial charge in [0.1, 0.15) is 0 Å². The number of hydrogen-bond acceptors (Lipinski definition) is 3. The monoisotopic (exact) mass is 239 g/mol. The van der Waals surface area contributed by atoms with Crippen LogP contribution in [0.3, 0.4) is 0 Å². The highest BCUT2D eigenvalue weighted by molar-refractivity contribution is 8.01. The summed E-state index contributed by atoms with van der Waals surface area (Å²) in [6.07, 6.45) is 5.26. The van der Waals surface area contributed by atoms with Gasteiger partial charge in [-0.3, -0.25) is 4.79 Å². The summed E-state index contributed by atoms with van der Waals surface area (Å²) in [6.45, 7) is 0. The van der Waals surface area contributed by atoms with Gasteiger partial charge in [0.05, 0.1) is 16.2 Å². The molecule has 4 aliphatic carbocycles. The van der Waals surface area contributed by atoms with E-state index in [1.807, 2.05) is 11.8 Å². The lowest BCUT2D eigenvalue weighted by Gasteiger charge is -2.62. The van der Waals surface area contributed by atoms with Gasteiger partial charge in [0.15, 0.2) is 0 Å². The summed E-state index contributed by atoms with van der Waals surface area (Å²) in [5.74, 6) is 2.56. The molecular formula is C12H17NO2S. The number of carbonyl (C=O) groups is 1. The topological polar surface area (TPSA) is 49.3 Å². The number of nitrogens with one attached hydrogen (secondary N) is 1. The molecule has 1 saturated heterocycles. The Balaban J connectivity index is 1.74. The molecule has 0 aromatic carbocycles. The molecular weight excluding hydrogens is 222 g/mol. The molecule has 4 heteroatoms. The van der Waals surface area contributed by atoms with E-state index in [1.165, 1.54) is 12.8 Å². The normalized spacial score (nSPS) is 58.3. The van der Waals surface area contributed by atoms with Crippen LogP contribution in [0.15, 0.2) is 0 Å². The fraction of sp³-hybridized carbons (Fsp3) is 0.917. The van der Waals surface area contributed by atoms with Gasteiger partial charge >= 0.3 is 0 Å². The van der Waals surface area contributed by atoms with Crippen molar-refractivity contribution in [3.8, 4) is 0 Å². The van der Waals surface area contributed by atoms with Crippen molar-refractivity contribution >= 4 is 17.7 Å². The van der Waals surface area contributed by atoms with E-state index in [9.17, 15) is 9.90 Å². The summed E-state index contributed by atoms with van der Waals surface area (Å²) in [4.78, 5) is 11.5. The molecule has 3 unspecified atom stereocenters. The molecule has 5 fully saturated rings. The highest BCUT2D eigenvalue weighted by Crippen LogP contribution is 2.63. The predicted molar refractivity (Wildman–Crippen MR) is 61.8 cm³/mol. The van der Waals surface area contributed by atoms with E-state index < -0.39 is 5.60 Å². The quantitative estimate of drug-likeness (QED) is 0.666. The molecule has 1 amide bonds. The molecule has 1 aliphatic heterocycles. The molecule has 0 aromatic rings. The molecule has 0 aromatic heterocycles. The van der Waals surface area contributed by atoms with Gasteiger partial charge < -0.3 is 10.4 Å². The van der Waals surface area contributed by atoms with Crippen LogP contribution in [0.2, 0.25) is 0 Å². The lowest BCUT2D eigenvalue weighted by Crippen LogP contribution is -2.66. The van der Waals surface area contributed by atoms with Crippen molar-refractivity contribution < 1.29 is 9.90 Å². The summed E-state index contributed by atoms with van der Waals surface area (Å²) in [5.41, 5.74) is -0.393. The van der Waals surface area contributed by atoms with E-state index in [0.29, 0.717) is 23.5 Å². The Kier molecular flexibility index (Phi) is 1.70. The van der Waals surface area contributed by atoms with Gasteiger partial charge in [0.25, 0.3) is 0 Å². The Morgan fingerprint density at radius 1 is 1.25 bits per heavy atom. The summed E-state index contributed by atoms with van der Waals surface area (Å²) in [5, 5.41) is 13.7. The molecule has 4 bridgehead atoms. The Labute approximate surface area is 99.4 Å². The molecule has 5 aliphatic rings. The van der Waals surface area contributed by atoms with Crippen LogP contribution in [-0.2, 0) is 4.79 Å². The van der Waals surface area contributed by atoms with Gasteiger partial charge in [0.2, 0.25) is 5.91 Å². The highest BCUT2D eigenvalue weighted by Gasteiger charge is 2.64. The van der Waals surface area contributed by atoms with Gasteiger partial charge in [0, 0.05) is 0 Å². The second-order valence-corrected chi connectivity index (χ2v) is 7.45. The minimum Gasteiger partial charge on any atom is -0.390 e. The largest absolute Gasteiger partial charge is 0.390 e. The number of aliphatic hydroxyl groups is 1. The molecule has 5 atom stereocenters. The Bertz CT molecular complexity index is 354. The minimum atomic E-state index is -0.393. The fourth-order valence-electron chi connectivity index (χ4n) is 4.84. The van der Waals surface area contributed by atoms with E-state index >= 15 is 0 Å². The zero-order valence-corrected chi connectivity index (χ0v) is 10.1. The van der Waals surface area contributed by atoms with Crippen LogP contribution in [0.1, 0.15) is 32.1 Å². The zero-order valence-electron chi connectivity index (χ0n) is 9.24. The SMILES string of the molecule is O=C1CSC2(N1)[C@@H]1CC3C[C@H]2CC(O)(C3)C1. The van der Waals surface area contributed by atoms with E-state index in [1.54, 1.807) is 0 Å². The fourth-order valence-corrected chi connectivity index (χ4v) is 6.30. The maximum absolute atomic E-state index is 11.5. The van der Waals surface area contributed by atoms with E-state index in [-0.39, 0.29) is 10.8 Å². The maximum Gasteiger partial charge on any atom is 0.231 e. The summed E-state index contributed by atoms with van der Waals surface area (Å²) in [6, 6.07) is 0. The van der Waals surface area contributed by atoms with Gasteiger partial charge in [-0.05, 0) is 49.9 Å². The average molecular weight is 239 g/mol. The van der Waals surface area contributed by atoms with Crippen molar-refractivity contribution in [2.24, 2.45) is 17.8 Å². The van der Waals surface area contributed by atoms with Crippen LogP contribution < -0.4 is 5.32 Å². The molecule has 5 rings (SSSR count). The molecule has 0 radical (unpaired) electrons. The zero-order chi connectivity index (χ0) is 11.0. The second kappa shape index (κ2) is 2.78. The van der Waals surface area contributed by atoms with Crippen molar-refractivity contribution in [2.75, 3.05) is 5.75 Å². The van der Waals surface area contributed by atoms with Crippen LogP contribution in [0.25, 0.3) is 0 Å². The summed E-state index contributed by atoms with van der Waals surface area (Å²) < 4.78 is 0. The third kappa shape index (κ3) is 1.07. The van der Waals surface area contributed by atoms with Gasteiger partial charge in [-0.25, -0.2) is 0 Å². The van der Waals surface area contributed by atoms with Gasteiger partial charge in [-0.2, -0.15) is 0 Å². The van der Waals surface area contributed by atoms with Crippen LogP contribution >= 0.6 is 11.8 Å². The standard InChI is InChI=1S/C12H17NO2S/c14-10-6-16-12(13-10)8-1-7-2-9(12)5-11(15,3-7)4-8/h7-9,15H,1-6H2,(H,13,14)/t7?,8-,9+,11?,12?. The smallest absolute Gasteiger partial charge is 0.231 e. The van der Waals surface area contributed by atoms with Crippen molar-refractivity contribution in [1.82, 2.24) is 5.32 Å². The minimum absolute atomic E-state index is 0.000231. The number of rotatable bonds is 0. The van der Waals surface area contributed by atoms with E-state index in [0.717, 1.165) is 19.3 Å². The summed E-state index contributed by atoms with van der Waals surface area (Å²) in [7, 11) is 0. The molecule has 88 valence electrons. The van der Waals surface area contributed by atoms with Crippen molar-refractivity contribution in [3.63, 3.8) is 0 Å². The number of amides is 1. The van der Waals surface area contributed by atoms with Gasteiger partial charge in [-0.1, -0.05) is 0 Å². The Morgan fingerprint density at radius 3 is 2.44 bits per heavy atom. The third-order valence-corrected chi connectivity index (χ3v) is 6.80. The first kappa shape index (κ1) is 9.77. The molecule has 3 nitrogen and oxygen atoms in total. The Morgan fingerprint density at radius 2 is 1.94 bits per heavy atom. The third-order valence-electron chi connectivity index (χ3n) is 5.15. The van der Waals surface area contributed by atoms with Crippen molar-refractivity contribution in [3.05, 3.63) is 0 Å². The highest BCUT2D eigenvalue weighted by atomic mass is 32.2. The van der Waals surface area contributed by atoms with Crippen LogP contribution in [0, 0.1) is 17.8 Å². The van der Waals surface area contributed by atoms with E-state index in [2.05, 4.69) is 5.32 Å². The molecule has 4 saturated carbocycles. The summed E-state index contributed by atoms with van der Waals surface area (Å²) >= 11 is 1.82. The first-order valence-electron chi connectivity index (χ1n) is 6.27. The second-order valence-electron chi connectivity index (χ2n) is 6.20. The van der Waals surface area contributed by atoms with Crippen LogP contribution in [0.5, 0.6) is 0 Å². The lowest BCUT2D eigenvalue weighted by atomic mass is 9.52. The molecule has 1 heterocycles. The maximum atomic E-state index is 11.5.